The lowest BCUT2D eigenvalue weighted by atomic mass is 9.93. The van der Waals surface area contributed by atoms with E-state index in [1.54, 1.807) is 0 Å². The van der Waals surface area contributed by atoms with Gasteiger partial charge in [0.2, 0.25) is 10.0 Å². The highest BCUT2D eigenvalue weighted by Gasteiger charge is 2.28. The Morgan fingerprint density at radius 3 is 2.48 bits per heavy atom. The summed E-state index contributed by atoms with van der Waals surface area (Å²) in [6.45, 7) is 0. The molecular weight excluding hydrogens is 347 g/mol. The third-order valence-corrected chi connectivity index (χ3v) is 5.29. The third-order valence-electron chi connectivity index (χ3n) is 3.73. The molecule has 0 saturated heterocycles. The quantitative estimate of drug-likeness (QED) is 0.788. The minimum atomic E-state index is -4.02. The van der Waals surface area contributed by atoms with Crippen LogP contribution in [0.25, 0.3) is 0 Å². The zero-order valence-electron chi connectivity index (χ0n) is 12.6. The summed E-state index contributed by atoms with van der Waals surface area (Å²) in [6, 6.07) is 2.76. The van der Waals surface area contributed by atoms with Crippen molar-refractivity contribution in [3.63, 3.8) is 0 Å². The Morgan fingerprint density at radius 1 is 1.30 bits per heavy atom. The fraction of sp³-hybridized carbons (Fsp3) is 0.500. The van der Waals surface area contributed by atoms with E-state index in [4.69, 9.17) is 5.73 Å². The molecule has 1 saturated carbocycles. The summed E-state index contributed by atoms with van der Waals surface area (Å²) in [5.41, 5.74) is 5.59. The van der Waals surface area contributed by atoms with Gasteiger partial charge < -0.3 is 10.5 Å². The van der Waals surface area contributed by atoms with Crippen LogP contribution in [0.3, 0.4) is 0 Å². The summed E-state index contributed by atoms with van der Waals surface area (Å²) >= 11 is 0. The molecule has 0 aliphatic heterocycles. The first-order valence-corrected chi connectivity index (χ1v) is 8.47. The molecule has 0 bridgehead atoms. The van der Waals surface area contributed by atoms with Crippen LogP contribution < -0.4 is 10.5 Å². The van der Waals surface area contributed by atoms with E-state index in [9.17, 15) is 17.6 Å². The van der Waals surface area contributed by atoms with Crippen molar-refractivity contribution >= 4 is 28.4 Å². The van der Waals surface area contributed by atoms with Crippen LogP contribution in [0.2, 0.25) is 0 Å². The number of sulfonamides is 1. The van der Waals surface area contributed by atoms with Crippen LogP contribution in [0.1, 0.15) is 36.0 Å². The lowest BCUT2D eigenvalue weighted by molar-refractivity contribution is 0.0596. The van der Waals surface area contributed by atoms with Crippen molar-refractivity contribution in [3.05, 3.63) is 29.6 Å². The van der Waals surface area contributed by atoms with Crippen molar-refractivity contribution in [2.24, 2.45) is 5.73 Å². The molecule has 0 amide bonds. The molecule has 3 N–H and O–H groups in total. The summed E-state index contributed by atoms with van der Waals surface area (Å²) in [5.74, 6) is -1.57. The maximum absolute atomic E-state index is 13.4. The van der Waals surface area contributed by atoms with Crippen LogP contribution in [-0.2, 0) is 14.8 Å². The highest BCUT2D eigenvalue weighted by Crippen LogP contribution is 2.22. The van der Waals surface area contributed by atoms with E-state index in [2.05, 4.69) is 9.46 Å². The van der Waals surface area contributed by atoms with Gasteiger partial charge in [-0.25, -0.2) is 22.3 Å². The average Bonchev–Trinajstić information content (AvgIpc) is 2.48. The molecule has 1 fully saturated rings. The van der Waals surface area contributed by atoms with Gasteiger partial charge in [-0.15, -0.1) is 12.4 Å². The third kappa shape index (κ3) is 4.87. The van der Waals surface area contributed by atoms with E-state index in [0.717, 1.165) is 38.2 Å². The molecule has 1 aliphatic carbocycles. The Labute approximate surface area is 141 Å². The van der Waals surface area contributed by atoms with Gasteiger partial charge in [-0.2, -0.15) is 0 Å². The second-order valence-electron chi connectivity index (χ2n) is 5.37. The topological polar surface area (TPSA) is 98.5 Å². The van der Waals surface area contributed by atoms with E-state index in [1.807, 2.05) is 0 Å². The van der Waals surface area contributed by atoms with Gasteiger partial charge in [-0.1, -0.05) is 0 Å². The summed E-state index contributed by atoms with van der Waals surface area (Å²) in [6.07, 6.45) is 2.67. The summed E-state index contributed by atoms with van der Waals surface area (Å²) in [4.78, 5) is 11.3. The fourth-order valence-corrected chi connectivity index (χ4v) is 4.03. The second kappa shape index (κ2) is 8.05. The maximum atomic E-state index is 13.4. The van der Waals surface area contributed by atoms with Gasteiger partial charge in [-0.05, 0) is 43.9 Å². The van der Waals surface area contributed by atoms with Gasteiger partial charge in [0.1, 0.15) is 5.82 Å². The SMILES string of the molecule is COC(=O)c1ccc(F)cc1S(=O)(=O)NC1CCC(N)CC1.Cl. The minimum absolute atomic E-state index is 0. The Hall–Kier alpha value is -1.22. The van der Waals surface area contributed by atoms with Gasteiger partial charge in [0.25, 0.3) is 0 Å². The van der Waals surface area contributed by atoms with E-state index in [1.165, 1.54) is 0 Å². The number of rotatable bonds is 4. The van der Waals surface area contributed by atoms with Gasteiger partial charge in [0.15, 0.2) is 0 Å². The first-order valence-electron chi connectivity index (χ1n) is 6.99. The number of methoxy groups -OCH3 is 1. The molecule has 9 heteroatoms. The Kier molecular flexibility index (Phi) is 6.94. The molecule has 1 aliphatic rings. The molecule has 0 unspecified atom stereocenters. The molecule has 1 aromatic rings. The molecule has 0 spiro atoms. The van der Waals surface area contributed by atoms with Crippen molar-refractivity contribution in [3.8, 4) is 0 Å². The number of esters is 1. The Morgan fingerprint density at radius 2 is 1.91 bits per heavy atom. The standard InChI is InChI=1S/C14H19FN2O4S.ClH/c1-21-14(18)12-7-2-9(15)8-13(12)22(19,20)17-11-5-3-10(16)4-6-11;/h2,7-8,10-11,17H,3-6,16H2,1H3;1H. The fourth-order valence-electron chi connectivity index (χ4n) is 2.52. The smallest absolute Gasteiger partial charge is 0.339 e. The van der Waals surface area contributed by atoms with Crippen LogP contribution in [0.5, 0.6) is 0 Å². The summed E-state index contributed by atoms with van der Waals surface area (Å²) in [7, 11) is -2.88. The highest BCUT2D eigenvalue weighted by molar-refractivity contribution is 7.89. The van der Waals surface area contributed by atoms with Crippen molar-refractivity contribution in [2.75, 3.05) is 7.11 Å². The first-order chi connectivity index (χ1) is 10.3. The largest absolute Gasteiger partial charge is 0.465 e. The van der Waals surface area contributed by atoms with Gasteiger partial charge >= 0.3 is 5.97 Å². The number of nitrogens with one attached hydrogen (secondary N) is 1. The van der Waals surface area contributed by atoms with Crippen LogP contribution >= 0.6 is 12.4 Å². The molecule has 0 radical (unpaired) electrons. The molecule has 2 rings (SSSR count). The second-order valence-corrected chi connectivity index (χ2v) is 7.05. The van der Waals surface area contributed by atoms with Crippen LogP contribution in [0.4, 0.5) is 4.39 Å². The normalized spacial score (nSPS) is 21.3. The van der Waals surface area contributed by atoms with E-state index < -0.39 is 26.7 Å². The maximum Gasteiger partial charge on any atom is 0.339 e. The predicted molar refractivity (Wildman–Crippen MR) is 85.5 cm³/mol. The Balaban J connectivity index is 0.00000264. The van der Waals surface area contributed by atoms with Gasteiger partial charge in [-0.3, -0.25) is 0 Å². The molecular formula is C14H20ClFN2O4S. The monoisotopic (exact) mass is 366 g/mol. The first kappa shape index (κ1) is 19.8. The van der Waals surface area contributed by atoms with E-state index in [-0.39, 0.29) is 30.1 Å². The zero-order valence-corrected chi connectivity index (χ0v) is 14.3. The van der Waals surface area contributed by atoms with Crippen LogP contribution in [0, 0.1) is 5.82 Å². The van der Waals surface area contributed by atoms with Gasteiger partial charge in [0.05, 0.1) is 17.6 Å². The lowest BCUT2D eigenvalue weighted by Crippen LogP contribution is -2.40. The number of benzene rings is 1. The van der Waals surface area contributed by atoms with E-state index in [0.29, 0.717) is 12.8 Å². The molecule has 0 aromatic heterocycles. The molecule has 130 valence electrons. The molecule has 6 nitrogen and oxygen atoms in total. The summed E-state index contributed by atoms with van der Waals surface area (Å²) in [5, 5.41) is 0. The summed E-state index contributed by atoms with van der Waals surface area (Å²) < 4.78 is 45.4. The predicted octanol–water partition coefficient (Wildman–Crippen LogP) is 1.58. The minimum Gasteiger partial charge on any atom is -0.465 e. The van der Waals surface area contributed by atoms with E-state index >= 15 is 0 Å². The molecule has 23 heavy (non-hydrogen) atoms. The molecule has 0 atom stereocenters. The zero-order chi connectivity index (χ0) is 16.3. The average molecular weight is 367 g/mol. The van der Waals surface area contributed by atoms with Crippen molar-refractivity contribution in [1.29, 1.82) is 0 Å². The van der Waals surface area contributed by atoms with Crippen molar-refractivity contribution in [1.82, 2.24) is 4.72 Å². The van der Waals surface area contributed by atoms with Crippen LogP contribution in [0.15, 0.2) is 23.1 Å². The number of hydrogen-bond donors (Lipinski definition) is 2. The number of carbonyl (C=O) groups excluding carboxylic acids is 1. The number of carbonyl (C=O) groups is 1. The van der Waals surface area contributed by atoms with Crippen LogP contribution in [-0.4, -0.2) is 33.6 Å². The molecule has 1 aromatic carbocycles. The lowest BCUT2D eigenvalue weighted by Gasteiger charge is -2.26. The number of nitrogens with two attached hydrogens (primary N) is 1. The Bertz CT molecular complexity index is 661. The van der Waals surface area contributed by atoms with Crippen molar-refractivity contribution in [2.45, 2.75) is 42.7 Å². The number of hydrogen-bond acceptors (Lipinski definition) is 5. The van der Waals surface area contributed by atoms with Crippen molar-refractivity contribution < 1.29 is 22.3 Å². The molecule has 0 heterocycles. The van der Waals surface area contributed by atoms with Gasteiger partial charge in [0, 0.05) is 12.1 Å². The number of halogens is 2. The number of ether oxygens (including phenoxy) is 1. The highest BCUT2D eigenvalue weighted by atomic mass is 35.5.